The molecule has 1 fully saturated rings. The third kappa shape index (κ3) is 2.46. The Kier molecular flexibility index (Phi) is 2.94. The molecule has 0 aromatic heterocycles. The molecular formula is C13H16F3N. The maximum Gasteiger partial charge on any atom is 0.416 e. The van der Waals surface area contributed by atoms with Gasteiger partial charge in [0, 0.05) is 11.5 Å². The van der Waals surface area contributed by atoms with Gasteiger partial charge in [-0.2, -0.15) is 13.2 Å². The lowest BCUT2D eigenvalue weighted by Gasteiger charge is -2.28. The van der Waals surface area contributed by atoms with Crippen LogP contribution in [0.5, 0.6) is 0 Å². The molecule has 1 nitrogen and oxygen atoms in total. The number of benzene rings is 1. The molecule has 0 amide bonds. The molecule has 2 rings (SSSR count). The van der Waals surface area contributed by atoms with Crippen molar-refractivity contribution in [1.29, 1.82) is 0 Å². The van der Waals surface area contributed by atoms with Crippen LogP contribution in [0.1, 0.15) is 37.3 Å². The van der Waals surface area contributed by atoms with Gasteiger partial charge in [-0.3, -0.25) is 0 Å². The fraction of sp³-hybridized carbons (Fsp3) is 0.538. The van der Waals surface area contributed by atoms with Gasteiger partial charge in [0.15, 0.2) is 0 Å². The van der Waals surface area contributed by atoms with Crippen molar-refractivity contribution in [1.82, 2.24) is 5.32 Å². The lowest BCUT2D eigenvalue weighted by atomic mass is 9.83. The molecule has 0 bridgehead atoms. The van der Waals surface area contributed by atoms with Gasteiger partial charge in [0.05, 0.1) is 5.56 Å². The first kappa shape index (κ1) is 12.4. The fourth-order valence-electron chi connectivity index (χ4n) is 2.54. The number of halogens is 3. The summed E-state index contributed by atoms with van der Waals surface area (Å²) in [7, 11) is 0. The van der Waals surface area contributed by atoms with E-state index in [1.54, 1.807) is 6.07 Å². The summed E-state index contributed by atoms with van der Waals surface area (Å²) in [6.07, 6.45) is -3.37. The minimum Gasteiger partial charge on any atom is -0.311 e. The number of hydrogen-bond acceptors (Lipinski definition) is 1. The van der Waals surface area contributed by atoms with Crippen LogP contribution < -0.4 is 5.32 Å². The standard InChI is InChI=1S/C13H16F3N/c1-12(2)11(6-7-17-12)9-4-3-5-10(8-9)13(14,15)16/h3-5,8,11,17H,6-7H2,1-2H3. The first-order chi connectivity index (χ1) is 7.81. The van der Waals surface area contributed by atoms with Gasteiger partial charge in [0.2, 0.25) is 0 Å². The van der Waals surface area contributed by atoms with Crippen molar-refractivity contribution in [2.75, 3.05) is 6.54 Å². The van der Waals surface area contributed by atoms with Crippen LogP contribution in [-0.2, 0) is 6.18 Å². The quantitative estimate of drug-likeness (QED) is 0.795. The zero-order chi connectivity index (χ0) is 12.7. The monoisotopic (exact) mass is 243 g/mol. The summed E-state index contributed by atoms with van der Waals surface area (Å²) in [6, 6.07) is 5.68. The van der Waals surface area contributed by atoms with Crippen LogP contribution in [0.4, 0.5) is 13.2 Å². The van der Waals surface area contributed by atoms with Gasteiger partial charge in [-0.05, 0) is 38.4 Å². The maximum atomic E-state index is 12.6. The molecule has 94 valence electrons. The van der Waals surface area contributed by atoms with Crippen LogP contribution >= 0.6 is 0 Å². The number of hydrogen-bond donors (Lipinski definition) is 1. The van der Waals surface area contributed by atoms with E-state index in [0.29, 0.717) is 0 Å². The molecule has 1 atom stereocenters. The lowest BCUT2D eigenvalue weighted by Crippen LogP contribution is -2.36. The fourth-order valence-corrected chi connectivity index (χ4v) is 2.54. The van der Waals surface area contributed by atoms with Gasteiger partial charge in [-0.1, -0.05) is 18.2 Å². The van der Waals surface area contributed by atoms with Gasteiger partial charge in [0.25, 0.3) is 0 Å². The molecule has 1 N–H and O–H groups in total. The van der Waals surface area contributed by atoms with E-state index >= 15 is 0 Å². The molecular weight excluding hydrogens is 227 g/mol. The summed E-state index contributed by atoms with van der Waals surface area (Å²) in [5, 5.41) is 3.32. The molecule has 0 aliphatic carbocycles. The first-order valence-corrected chi connectivity index (χ1v) is 5.73. The van der Waals surface area contributed by atoms with Gasteiger partial charge in [0.1, 0.15) is 0 Å². The van der Waals surface area contributed by atoms with Crippen LogP contribution in [0.3, 0.4) is 0 Å². The SMILES string of the molecule is CC1(C)NCCC1c1cccc(C(F)(F)F)c1. The summed E-state index contributed by atoms with van der Waals surface area (Å²) in [4.78, 5) is 0. The van der Waals surface area contributed by atoms with E-state index in [9.17, 15) is 13.2 Å². The molecule has 1 aliphatic heterocycles. The second-order valence-electron chi connectivity index (χ2n) is 5.11. The second-order valence-corrected chi connectivity index (χ2v) is 5.11. The predicted molar refractivity (Wildman–Crippen MR) is 60.9 cm³/mol. The molecule has 0 saturated carbocycles. The maximum absolute atomic E-state index is 12.6. The molecule has 1 aromatic rings. The summed E-state index contributed by atoms with van der Waals surface area (Å²) < 4.78 is 37.9. The second kappa shape index (κ2) is 4.02. The van der Waals surface area contributed by atoms with Gasteiger partial charge in [-0.25, -0.2) is 0 Å². The number of nitrogens with one attached hydrogen (secondary N) is 1. The van der Waals surface area contributed by atoms with Crippen LogP contribution in [-0.4, -0.2) is 12.1 Å². The summed E-state index contributed by atoms with van der Waals surface area (Å²) >= 11 is 0. The van der Waals surface area contributed by atoms with Crippen LogP contribution in [0.2, 0.25) is 0 Å². The minimum atomic E-state index is -4.26. The molecule has 1 saturated heterocycles. The molecule has 1 aromatic carbocycles. The number of rotatable bonds is 1. The normalized spacial score (nSPS) is 23.9. The Morgan fingerprint density at radius 1 is 1.29 bits per heavy atom. The highest BCUT2D eigenvalue weighted by Gasteiger charge is 2.37. The smallest absolute Gasteiger partial charge is 0.311 e. The Morgan fingerprint density at radius 2 is 2.00 bits per heavy atom. The summed E-state index contributed by atoms with van der Waals surface area (Å²) in [5.74, 6) is 0.143. The van der Waals surface area contributed by atoms with E-state index in [4.69, 9.17) is 0 Å². The average Bonchev–Trinajstić information content (AvgIpc) is 2.57. The Labute approximate surface area is 99.0 Å². The van der Waals surface area contributed by atoms with Gasteiger partial charge >= 0.3 is 6.18 Å². The summed E-state index contributed by atoms with van der Waals surface area (Å²) in [5.41, 5.74) is 0.0806. The highest BCUT2D eigenvalue weighted by Crippen LogP contribution is 2.38. The van der Waals surface area contributed by atoms with Crippen molar-refractivity contribution >= 4 is 0 Å². The van der Waals surface area contributed by atoms with Crippen LogP contribution in [0, 0.1) is 0 Å². The summed E-state index contributed by atoms with van der Waals surface area (Å²) in [6.45, 7) is 4.92. The van der Waals surface area contributed by atoms with E-state index in [2.05, 4.69) is 5.32 Å². The van der Waals surface area contributed by atoms with Crippen molar-refractivity contribution in [2.45, 2.75) is 37.9 Å². The molecule has 17 heavy (non-hydrogen) atoms. The highest BCUT2D eigenvalue weighted by atomic mass is 19.4. The minimum absolute atomic E-state index is 0.135. The van der Waals surface area contributed by atoms with Gasteiger partial charge < -0.3 is 5.32 Å². The van der Waals surface area contributed by atoms with E-state index in [0.717, 1.165) is 24.6 Å². The van der Waals surface area contributed by atoms with E-state index in [-0.39, 0.29) is 11.5 Å². The van der Waals surface area contributed by atoms with Crippen LogP contribution in [0.25, 0.3) is 0 Å². The van der Waals surface area contributed by atoms with Gasteiger partial charge in [-0.15, -0.1) is 0 Å². The molecule has 0 radical (unpaired) electrons. The Morgan fingerprint density at radius 3 is 2.53 bits per heavy atom. The molecule has 1 unspecified atom stereocenters. The average molecular weight is 243 g/mol. The first-order valence-electron chi connectivity index (χ1n) is 5.73. The molecule has 1 heterocycles. The molecule has 0 spiro atoms. The zero-order valence-corrected chi connectivity index (χ0v) is 9.93. The van der Waals surface area contributed by atoms with Crippen molar-refractivity contribution in [3.8, 4) is 0 Å². The lowest BCUT2D eigenvalue weighted by molar-refractivity contribution is -0.137. The van der Waals surface area contributed by atoms with E-state index in [1.807, 2.05) is 13.8 Å². The van der Waals surface area contributed by atoms with E-state index < -0.39 is 11.7 Å². The third-order valence-corrected chi connectivity index (χ3v) is 3.50. The predicted octanol–water partition coefficient (Wildman–Crippen LogP) is 3.56. The number of alkyl halides is 3. The van der Waals surface area contributed by atoms with Crippen molar-refractivity contribution in [3.05, 3.63) is 35.4 Å². The van der Waals surface area contributed by atoms with Crippen molar-refractivity contribution < 1.29 is 13.2 Å². The Hall–Kier alpha value is -1.03. The Balaban J connectivity index is 2.34. The van der Waals surface area contributed by atoms with Crippen LogP contribution in [0.15, 0.2) is 24.3 Å². The van der Waals surface area contributed by atoms with E-state index in [1.165, 1.54) is 12.1 Å². The zero-order valence-electron chi connectivity index (χ0n) is 9.93. The third-order valence-electron chi connectivity index (χ3n) is 3.50. The van der Waals surface area contributed by atoms with Crippen molar-refractivity contribution in [2.24, 2.45) is 0 Å². The largest absolute Gasteiger partial charge is 0.416 e. The topological polar surface area (TPSA) is 12.0 Å². The Bertz CT molecular complexity index is 409. The van der Waals surface area contributed by atoms with Crippen molar-refractivity contribution in [3.63, 3.8) is 0 Å². The highest BCUT2D eigenvalue weighted by molar-refractivity contribution is 5.31. The molecule has 4 heteroatoms. The molecule has 1 aliphatic rings.